The van der Waals surface area contributed by atoms with Crippen molar-refractivity contribution in [3.63, 3.8) is 0 Å². The first-order chi connectivity index (χ1) is 12.2. The highest BCUT2D eigenvalue weighted by atomic mass is 32.1. The van der Waals surface area contributed by atoms with Crippen LogP contribution in [0.1, 0.15) is 17.0 Å². The molecule has 1 heterocycles. The lowest BCUT2D eigenvalue weighted by Crippen LogP contribution is -2.22. The fourth-order valence-corrected chi connectivity index (χ4v) is 3.31. The highest BCUT2D eigenvalue weighted by molar-refractivity contribution is 7.19. The average Bonchev–Trinajstić information content (AvgIpc) is 3.04. The molecule has 0 spiro atoms. The molecule has 0 radical (unpaired) electrons. The third kappa shape index (κ3) is 4.22. The molecule has 1 aromatic heterocycles. The normalized spacial score (nSPS) is 11.2. The largest absolute Gasteiger partial charge is 0.550 e. The van der Waals surface area contributed by atoms with E-state index in [0.29, 0.717) is 16.3 Å². The summed E-state index contributed by atoms with van der Waals surface area (Å²) in [5.41, 5.74) is 2.25. The molecule has 0 saturated carbocycles. The van der Waals surface area contributed by atoms with Gasteiger partial charge in [0.25, 0.3) is 0 Å². The molecule has 0 unspecified atom stereocenters. The Morgan fingerprint density at radius 3 is 2.68 bits per heavy atom. The molecule has 0 bridgehead atoms. The summed E-state index contributed by atoms with van der Waals surface area (Å²) >= 11 is 1.45. The van der Waals surface area contributed by atoms with Crippen molar-refractivity contribution in [3.8, 4) is 11.8 Å². The van der Waals surface area contributed by atoms with E-state index in [9.17, 15) is 9.90 Å². The van der Waals surface area contributed by atoms with Gasteiger partial charge in [0, 0.05) is 12.4 Å². The Balaban J connectivity index is 1.93. The standard InChI is InChI=1S/C19H14N2O3S/c20-9-10-24-15-7-5-13(6-8-15)11-14(12-18(22)23)19-21-16-3-1-2-4-17(16)25-19/h1-8,11H,10,12H2,(H,22,23)/p-1/b14-11+. The number of carboxylic acid groups (broad SMARTS) is 1. The minimum Gasteiger partial charge on any atom is -0.550 e. The Hall–Kier alpha value is -3.17. The van der Waals surface area contributed by atoms with Crippen LogP contribution in [0.3, 0.4) is 0 Å². The predicted molar refractivity (Wildman–Crippen MR) is 94.7 cm³/mol. The number of hydrogen-bond acceptors (Lipinski definition) is 6. The first-order valence-corrected chi connectivity index (χ1v) is 8.33. The Morgan fingerprint density at radius 1 is 1.24 bits per heavy atom. The number of thiazole rings is 1. The molecule has 0 aliphatic rings. The summed E-state index contributed by atoms with van der Waals surface area (Å²) in [6.45, 7) is -0.0170. The zero-order valence-corrected chi connectivity index (χ0v) is 14.0. The molecule has 0 saturated heterocycles. The van der Waals surface area contributed by atoms with Crippen molar-refractivity contribution >= 4 is 39.2 Å². The number of aromatic nitrogens is 1. The highest BCUT2D eigenvalue weighted by Crippen LogP contribution is 2.30. The monoisotopic (exact) mass is 349 g/mol. The van der Waals surface area contributed by atoms with E-state index < -0.39 is 5.97 Å². The Kier molecular flexibility index (Phi) is 5.07. The molecule has 5 nitrogen and oxygen atoms in total. The summed E-state index contributed by atoms with van der Waals surface area (Å²) in [4.78, 5) is 15.7. The lowest BCUT2D eigenvalue weighted by atomic mass is 10.1. The number of rotatable bonds is 6. The van der Waals surface area contributed by atoms with Crippen LogP contribution in [0.2, 0.25) is 0 Å². The maximum absolute atomic E-state index is 11.1. The van der Waals surface area contributed by atoms with Crippen molar-refractivity contribution in [2.24, 2.45) is 0 Å². The molecular weight excluding hydrogens is 336 g/mol. The van der Waals surface area contributed by atoms with Crippen LogP contribution in [0.4, 0.5) is 0 Å². The van der Waals surface area contributed by atoms with Gasteiger partial charge in [-0.1, -0.05) is 24.3 Å². The van der Waals surface area contributed by atoms with Crippen molar-refractivity contribution in [1.82, 2.24) is 4.98 Å². The number of carboxylic acids is 1. The minimum atomic E-state index is -1.15. The third-order valence-corrected chi connectivity index (χ3v) is 4.54. The summed E-state index contributed by atoms with van der Waals surface area (Å²) in [6, 6.07) is 16.6. The van der Waals surface area contributed by atoms with Gasteiger partial charge in [0.2, 0.25) is 0 Å². The Bertz CT molecular complexity index is 935. The lowest BCUT2D eigenvalue weighted by molar-refractivity contribution is -0.304. The van der Waals surface area contributed by atoms with Crippen molar-refractivity contribution < 1.29 is 14.6 Å². The van der Waals surface area contributed by atoms with Crippen LogP contribution in [-0.4, -0.2) is 17.6 Å². The quantitative estimate of drug-likeness (QED) is 0.683. The molecule has 3 rings (SSSR count). The van der Waals surface area contributed by atoms with Crippen molar-refractivity contribution in [2.75, 3.05) is 6.61 Å². The molecule has 0 fully saturated rings. The van der Waals surface area contributed by atoms with Crippen molar-refractivity contribution in [3.05, 3.63) is 59.1 Å². The summed E-state index contributed by atoms with van der Waals surface area (Å²) in [7, 11) is 0. The van der Waals surface area contributed by atoms with Gasteiger partial charge in [0.05, 0.1) is 10.2 Å². The first kappa shape index (κ1) is 16.7. The zero-order valence-electron chi connectivity index (χ0n) is 13.1. The average molecular weight is 349 g/mol. The lowest BCUT2D eigenvalue weighted by Gasteiger charge is -2.06. The Labute approximate surface area is 148 Å². The summed E-state index contributed by atoms with van der Waals surface area (Å²) in [5.74, 6) is -0.570. The molecule has 6 heteroatoms. The molecule has 124 valence electrons. The van der Waals surface area contributed by atoms with Crippen molar-refractivity contribution in [2.45, 2.75) is 6.42 Å². The highest BCUT2D eigenvalue weighted by Gasteiger charge is 2.09. The third-order valence-electron chi connectivity index (χ3n) is 3.43. The second-order valence-corrected chi connectivity index (χ2v) is 6.25. The zero-order chi connectivity index (χ0) is 17.6. The summed E-state index contributed by atoms with van der Waals surface area (Å²) in [5, 5.41) is 20.3. The van der Waals surface area contributed by atoms with E-state index in [0.717, 1.165) is 15.8 Å². The summed E-state index contributed by atoms with van der Waals surface area (Å²) < 4.78 is 6.21. The van der Waals surface area contributed by atoms with Crippen LogP contribution in [-0.2, 0) is 4.79 Å². The first-order valence-electron chi connectivity index (χ1n) is 7.52. The molecule has 0 aliphatic heterocycles. The molecule has 25 heavy (non-hydrogen) atoms. The molecule has 0 atom stereocenters. The second kappa shape index (κ2) is 7.60. The van der Waals surface area contributed by atoms with Gasteiger partial charge in [-0.25, -0.2) is 4.98 Å². The van der Waals surface area contributed by atoms with Gasteiger partial charge in [-0.05, 0) is 41.5 Å². The van der Waals surface area contributed by atoms with Crippen LogP contribution in [0.25, 0.3) is 21.9 Å². The number of ether oxygens (including phenoxy) is 1. The van der Waals surface area contributed by atoms with E-state index in [2.05, 4.69) is 4.98 Å². The number of carbonyl (C=O) groups is 1. The van der Waals surface area contributed by atoms with E-state index in [1.165, 1.54) is 11.3 Å². The van der Waals surface area contributed by atoms with Gasteiger partial charge in [-0.2, -0.15) is 5.26 Å². The second-order valence-electron chi connectivity index (χ2n) is 5.22. The van der Waals surface area contributed by atoms with Gasteiger partial charge in [0.1, 0.15) is 16.8 Å². The van der Waals surface area contributed by atoms with E-state index >= 15 is 0 Å². The molecule has 2 aromatic carbocycles. The van der Waals surface area contributed by atoms with Gasteiger partial charge in [0.15, 0.2) is 6.61 Å². The van der Waals surface area contributed by atoms with Crippen LogP contribution in [0.5, 0.6) is 5.75 Å². The van der Waals surface area contributed by atoms with Crippen LogP contribution in [0, 0.1) is 11.3 Å². The maximum Gasteiger partial charge on any atom is 0.174 e. The Morgan fingerprint density at radius 2 is 2.00 bits per heavy atom. The van der Waals surface area contributed by atoms with Gasteiger partial charge < -0.3 is 14.6 Å². The van der Waals surface area contributed by atoms with Crippen LogP contribution >= 0.6 is 11.3 Å². The topological polar surface area (TPSA) is 86.0 Å². The number of carbonyl (C=O) groups excluding carboxylic acids is 1. The van der Waals surface area contributed by atoms with Gasteiger partial charge >= 0.3 is 0 Å². The SMILES string of the molecule is N#CCOc1ccc(/C=C(\CC(=O)[O-])c2nc3ccccc3s2)cc1. The van der Waals surface area contributed by atoms with E-state index in [-0.39, 0.29) is 13.0 Å². The van der Waals surface area contributed by atoms with Crippen molar-refractivity contribution in [1.29, 1.82) is 5.26 Å². The fraction of sp³-hybridized carbons (Fsp3) is 0.105. The predicted octanol–water partition coefficient (Wildman–Crippen LogP) is 2.88. The smallest absolute Gasteiger partial charge is 0.174 e. The number of nitrogens with zero attached hydrogens (tertiary/aromatic N) is 2. The molecular formula is C19H13N2O3S-. The molecule has 0 amide bonds. The minimum absolute atomic E-state index is 0.0170. The van der Waals surface area contributed by atoms with Gasteiger partial charge in [-0.15, -0.1) is 11.3 Å². The van der Waals surface area contributed by atoms with Gasteiger partial charge in [-0.3, -0.25) is 0 Å². The van der Waals surface area contributed by atoms with E-state index in [1.807, 2.05) is 30.3 Å². The maximum atomic E-state index is 11.1. The molecule has 0 N–H and O–H groups in total. The summed E-state index contributed by atoms with van der Waals surface area (Å²) in [6.07, 6.45) is 1.56. The van der Waals surface area contributed by atoms with E-state index in [4.69, 9.17) is 10.00 Å². The number of benzene rings is 2. The number of para-hydroxylation sites is 1. The van der Waals surface area contributed by atoms with E-state index in [1.54, 1.807) is 30.3 Å². The van der Waals surface area contributed by atoms with Crippen LogP contribution < -0.4 is 9.84 Å². The number of hydrogen-bond donors (Lipinski definition) is 0. The molecule has 0 aliphatic carbocycles. The number of aliphatic carboxylic acids is 1. The number of nitriles is 1. The fourth-order valence-electron chi connectivity index (χ4n) is 2.33. The molecule has 3 aromatic rings. The number of fused-ring (bicyclic) bond motifs is 1. The van der Waals surface area contributed by atoms with Crippen LogP contribution in [0.15, 0.2) is 48.5 Å².